The van der Waals surface area contributed by atoms with Gasteiger partial charge in [0.25, 0.3) is 0 Å². The number of amides is 4. The van der Waals surface area contributed by atoms with Crippen LogP contribution >= 0.6 is 12.4 Å². The van der Waals surface area contributed by atoms with Crippen molar-refractivity contribution in [3.63, 3.8) is 0 Å². The number of rotatable bonds is 17. The van der Waals surface area contributed by atoms with Crippen molar-refractivity contribution in [3.8, 4) is 0 Å². The number of nitrogens with zero attached hydrogens (tertiary/aromatic N) is 4. The van der Waals surface area contributed by atoms with Gasteiger partial charge in [0, 0.05) is 25.6 Å². The van der Waals surface area contributed by atoms with Gasteiger partial charge in [-0.25, -0.2) is 4.79 Å². The Balaban J connectivity index is 0.000000691. The van der Waals surface area contributed by atoms with E-state index >= 15 is 0 Å². The predicted molar refractivity (Wildman–Crippen MR) is 275 cm³/mol. The van der Waals surface area contributed by atoms with Crippen molar-refractivity contribution in [1.82, 2.24) is 30.2 Å². The molecule has 0 aromatic heterocycles. The lowest BCUT2D eigenvalue weighted by atomic mass is 9.84. The smallest absolute Gasteiger partial charge is 0.333 e. The predicted octanol–water partition coefficient (Wildman–Crippen LogP) is 7.01. The molecule has 1 unspecified atom stereocenters. The second kappa shape index (κ2) is 28.3. The van der Waals surface area contributed by atoms with Crippen LogP contribution in [0.2, 0.25) is 0 Å². The zero-order valence-electron chi connectivity index (χ0n) is 45.8. The van der Waals surface area contributed by atoms with Gasteiger partial charge in [0.1, 0.15) is 12.1 Å². The molecule has 8 atom stereocenters. The minimum absolute atomic E-state index is 0. The Hall–Kier alpha value is -3.82. The standard InChI is InChI=1S/C29H49N3O5.C24H43N3O4.ClH/c1-18(2)23(17-19(3)24(33)20-13-12-14-21(20)28(36)37-9)32(8)27(35)25(29(4,5)6)30-26(34)22-15-10-11-16-31(22)7;1-10-31-23(30)17(4)15-19(16(2)3)27(9)22(29)20(24(5,6)7)25-21(28)18-13-11-12-14-26(18)8;/h17-18,20-23,25H,10-16H2,1-9H3,(H,30,34);15-16,18-20H,10-14H2,1-9H3,(H,25,28);1H/b19-17+;17-15+;/t20?,21-,22-,23-,25-;18-,19-,20-;/m11./s1. The number of carbonyl (C=O) groups excluding carboxylic acids is 7. The molecule has 15 nitrogen and oxygen atoms in total. The van der Waals surface area contributed by atoms with Crippen LogP contribution in [0.4, 0.5) is 0 Å². The normalized spacial score (nSPS) is 22.4. The third-order valence-corrected chi connectivity index (χ3v) is 14.1. The van der Waals surface area contributed by atoms with Crippen LogP contribution in [-0.4, -0.2) is 152 Å². The highest BCUT2D eigenvalue weighted by Crippen LogP contribution is 2.35. The molecule has 1 aliphatic carbocycles. The lowest BCUT2D eigenvalue weighted by Gasteiger charge is -2.39. The Labute approximate surface area is 422 Å². The van der Waals surface area contributed by atoms with Crippen LogP contribution in [0, 0.1) is 34.5 Å². The molecule has 0 radical (unpaired) electrons. The van der Waals surface area contributed by atoms with Crippen molar-refractivity contribution < 1.29 is 43.0 Å². The van der Waals surface area contributed by atoms with Crippen LogP contribution in [0.5, 0.6) is 0 Å². The topological polar surface area (TPSA) is 175 Å². The van der Waals surface area contributed by atoms with E-state index in [1.165, 1.54) is 7.11 Å². The van der Waals surface area contributed by atoms with E-state index in [1.807, 2.05) is 89.4 Å². The number of methoxy groups -OCH3 is 1. The Bertz CT molecular complexity index is 1800. The molecular weight excluding hydrogens is 900 g/mol. The van der Waals surface area contributed by atoms with Crippen LogP contribution in [0.15, 0.2) is 23.3 Å². The minimum atomic E-state index is -0.704. The van der Waals surface area contributed by atoms with Gasteiger partial charge in [-0.1, -0.05) is 101 Å². The summed E-state index contributed by atoms with van der Waals surface area (Å²) in [6.45, 7) is 27.1. The summed E-state index contributed by atoms with van der Waals surface area (Å²) in [5.74, 6) is -1.97. The van der Waals surface area contributed by atoms with Crippen molar-refractivity contribution in [1.29, 1.82) is 0 Å². The van der Waals surface area contributed by atoms with Gasteiger partial charge in [0.05, 0.1) is 43.8 Å². The van der Waals surface area contributed by atoms with Crippen LogP contribution < -0.4 is 10.6 Å². The molecule has 0 aromatic carbocycles. The molecular formula is C53H93ClN6O9. The Morgan fingerprint density at radius 2 is 1.03 bits per heavy atom. The van der Waals surface area contributed by atoms with Crippen molar-refractivity contribution in [2.45, 2.75) is 184 Å². The maximum Gasteiger partial charge on any atom is 0.333 e. The first-order chi connectivity index (χ1) is 31.5. The van der Waals surface area contributed by atoms with Gasteiger partial charge >= 0.3 is 11.9 Å². The van der Waals surface area contributed by atoms with Gasteiger partial charge in [-0.05, 0) is 115 Å². The van der Waals surface area contributed by atoms with Gasteiger partial charge in [0.15, 0.2) is 5.78 Å². The molecule has 0 bridgehead atoms. The van der Waals surface area contributed by atoms with Crippen LogP contribution in [-0.2, 0) is 43.0 Å². The average Bonchev–Trinajstić information content (AvgIpc) is 3.76. The van der Waals surface area contributed by atoms with Crippen molar-refractivity contribution in [3.05, 3.63) is 23.3 Å². The fourth-order valence-corrected chi connectivity index (χ4v) is 9.70. The molecule has 3 rings (SSSR count). The Morgan fingerprint density at radius 1 is 0.638 bits per heavy atom. The summed E-state index contributed by atoms with van der Waals surface area (Å²) >= 11 is 0. The lowest BCUT2D eigenvalue weighted by Crippen LogP contribution is -2.59. The summed E-state index contributed by atoms with van der Waals surface area (Å²) in [4.78, 5) is 98.7. The van der Waals surface area contributed by atoms with Crippen molar-refractivity contribution in [2.75, 3.05) is 55.0 Å². The maximum absolute atomic E-state index is 13.8. The monoisotopic (exact) mass is 993 g/mol. The fourth-order valence-electron chi connectivity index (χ4n) is 9.70. The second-order valence-corrected chi connectivity index (χ2v) is 22.4. The van der Waals surface area contributed by atoms with Gasteiger partial charge in [-0.15, -0.1) is 12.4 Å². The molecule has 69 heavy (non-hydrogen) atoms. The number of piperidine rings is 2. The molecule has 396 valence electrons. The summed E-state index contributed by atoms with van der Waals surface area (Å²) < 4.78 is 10.0. The molecule has 3 aliphatic rings. The largest absolute Gasteiger partial charge is 0.469 e. The van der Waals surface area contributed by atoms with Crippen LogP contribution in [0.3, 0.4) is 0 Å². The quantitative estimate of drug-likeness (QED) is 0.113. The number of carbonyl (C=O) groups is 7. The van der Waals surface area contributed by atoms with E-state index in [9.17, 15) is 33.6 Å². The maximum atomic E-state index is 13.8. The highest BCUT2D eigenvalue weighted by atomic mass is 35.5. The molecule has 2 saturated heterocycles. The summed E-state index contributed by atoms with van der Waals surface area (Å²) in [6, 6.07) is -2.44. The number of nitrogens with one attached hydrogen (secondary N) is 2. The highest BCUT2D eigenvalue weighted by Gasteiger charge is 2.42. The summed E-state index contributed by atoms with van der Waals surface area (Å²) in [6.07, 6.45) is 11.6. The molecule has 2 N–H and O–H groups in total. The molecule has 4 amide bonds. The Morgan fingerprint density at radius 3 is 1.38 bits per heavy atom. The number of hydrogen-bond donors (Lipinski definition) is 2. The van der Waals surface area contributed by atoms with E-state index in [0.717, 1.165) is 58.0 Å². The number of halogens is 1. The molecule has 0 aromatic rings. The molecule has 2 aliphatic heterocycles. The van der Waals surface area contributed by atoms with Crippen molar-refractivity contribution >= 4 is 53.8 Å². The van der Waals surface area contributed by atoms with E-state index in [-0.39, 0.29) is 95.7 Å². The number of hydrogen-bond acceptors (Lipinski definition) is 11. The minimum Gasteiger partial charge on any atom is -0.469 e. The van der Waals surface area contributed by atoms with E-state index in [1.54, 1.807) is 50.7 Å². The first-order valence-corrected chi connectivity index (χ1v) is 25.2. The number of likely N-dealkylation sites (tertiary alicyclic amines) is 2. The van der Waals surface area contributed by atoms with E-state index in [4.69, 9.17) is 9.47 Å². The van der Waals surface area contributed by atoms with E-state index in [0.29, 0.717) is 30.6 Å². The molecule has 3 fully saturated rings. The molecule has 0 spiro atoms. The van der Waals surface area contributed by atoms with Gasteiger partial charge in [-0.2, -0.15) is 0 Å². The van der Waals surface area contributed by atoms with E-state index < -0.39 is 28.8 Å². The lowest BCUT2D eigenvalue weighted by molar-refractivity contribution is -0.148. The number of ketones is 1. The van der Waals surface area contributed by atoms with Crippen molar-refractivity contribution in [2.24, 2.45) is 34.5 Å². The van der Waals surface area contributed by atoms with Gasteiger partial charge in [0.2, 0.25) is 23.6 Å². The Kier molecular flexibility index (Phi) is 25.9. The number of allylic oxidation sites excluding steroid dienone is 1. The number of likely N-dealkylation sites (N-methyl/N-ethyl adjacent to an activating group) is 4. The molecule has 1 saturated carbocycles. The molecule has 16 heteroatoms. The second-order valence-electron chi connectivity index (χ2n) is 22.4. The SMILES string of the molecule is CCOC(=O)/C(C)=C/[C@H](C(C)C)N(C)C(=O)[C@@H](NC(=O)[C@H]1CCCCN1C)C(C)(C)C.COC(=O)[C@@H]1CCCC1C(=O)/C(C)=C/[C@H](C(C)C)N(C)C(=O)[C@@H](NC(=O)[C@H]1CCCCN1C)C(C)(C)C.Cl. The summed E-state index contributed by atoms with van der Waals surface area (Å²) in [5, 5.41) is 6.11. The highest BCUT2D eigenvalue weighted by molar-refractivity contribution is 5.99. The van der Waals surface area contributed by atoms with Gasteiger partial charge < -0.3 is 29.9 Å². The first kappa shape index (κ1) is 63.2. The average molecular weight is 994 g/mol. The van der Waals surface area contributed by atoms with Gasteiger partial charge in [-0.3, -0.25) is 38.6 Å². The van der Waals surface area contributed by atoms with Crippen LogP contribution in [0.25, 0.3) is 0 Å². The van der Waals surface area contributed by atoms with Crippen LogP contribution in [0.1, 0.15) is 148 Å². The van der Waals surface area contributed by atoms with E-state index in [2.05, 4.69) is 20.4 Å². The number of Topliss-reactive ketones (excluding diaryl/α,β-unsaturated/α-hetero) is 1. The number of ether oxygens (including phenoxy) is 2. The third kappa shape index (κ3) is 18.1. The number of esters is 2. The third-order valence-electron chi connectivity index (χ3n) is 14.1. The zero-order chi connectivity index (χ0) is 52.0. The first-order valence-electron chi connectivity index (χ1n) is 25.2. The zero-order valence-corrected chi connectivity index (χ0v) is 46.6. The molecule has 2 heterocycles. The summed E-state index contributed by atoms with van der Waals surface area (Å²) in [7, 11) is 8.75. The summed E-state index contributed by atoms with van der Waals surface area (Å²) in [5.41, 5.74) is 0.0668. The fraction of sp³-hybridized carbons (Fsp3) is 0.792.